The normalized spacial score (nSPS) is 17.2. The van der Waals surface area contributed by atoms with Crippen molar-refractivity contribution < 1.29 is 19.4 Å². The average Bonchev–Trinajstić information content (AvgIpc) is 3.50. The summed E-state index contributed by atoms with van der Waals surface area (Å²) in [6.07, 6.45) is 0.178. The molecule has 1 aliphatic rings. The van der Waals surface area contributed by atoms with E-state index >= 15 is 0 Å². The van der Waals surface area contributed by atoms with Crippen molar-refractivity contribution >= 4 is 27.7 Å². The van der Waals surface area contributed by atoms with Crippen LogP contribution in [0.1, 0.15) is 46.3 Å². The Bertz CT molecular complexity index is 1740. The molecule has 0 fully saturated rings. The SMILES string of the molecule is O=C(NCC(c1ccccc1)c1ccccc1)[C@]1(Cc2ccccc2)N=C(c2ccc(OCCCO)cc2)O[C@@H]1c1ccccc1Br. The van der Waals surface area contributed by atoms with E-state index in [1.165, 1.54) is 0 Å². The molecule has 47 heavy (non-hydrogen) atoms. The number of carbonyl (C=O) groups excluding carboxylic acids is 1. The number of hydrogen-bond acceptors (Lipinski definition) is 5. The number of rotatable bonds is 13. The molecule has 2 N–H and O–H groups in total. The van der Waals surface area contributed by atoms with Crippen molar-refractivity contribution in [3.05, 3.63) is 172 Å². The smallest absolute Gasteiger partial charge is 0.252 e. The fraction of sp³-hybridized carbons (Fsp3) is 0.200. The van der Waals surface area contributed by atoms with Crippen LogP contribution in [-0.2, 0) is 16.0 Å². The Kier molecular flexibility index (Phi) is 10.5. The lowest BCUT2D eigenvalue weighted by Crippen LogP contribution is -2.50. The van der Waals surface area contributed by atoms with Crippen LogP contribution >= 0.6 is 15.9 Å². The molecule has 0 saturated carbocycles. The van der Waals surface area contributed by atoms with Gasteiger partial charge in [0.05, 0.1) is 6.61 Å². The van der Waals surface area contributed by atoms with Crippen molar-refractivity contribution in [2.45, 2.75) is 30.4 Å². The molecule has 0 bridgehead atoms. The Labute approximate surface area is 284 Å². The fourth-order valence-electron chi connectivity index (χ4n) is 6.00. The zero-order chi connectivity index (χ0) is 32.5. The van der Waals surface area contributed by atoms with E-state index in [2.05, 4.69) is 45.5 Å². The van der Waals surface area contributed by atoms with Crippen molar-refractivity contribution in [3.63, 3.8) is 0 Å². The van der Waals surface area contributed by atoms with E-state index in [1.54, 1.807) is 0 Å². The predicted octanol–water partition coefficient (Wildman–Crippen LogP) is 7.66. The molecule has 1 aliphatic heterocycles. The lowest BCUT2D eigenvalue weighted by atomic mass is 9.81. The van der Waals surface area contributed by atoms with Gasteiger partial charge < -0.3 is 19.9 Å². The maximum Gasteiger partial charge on any atom is 0.252 e. The molecule has 0 radical (unpaired) electrons. The van der Waals surface area contributed by atoms with E-state index in [-0.39, 0.29) is 18.4 Å². The van der Waals surface area contributed by atoms with Crippen molar-refractivity contribution in [1.82, 2.24) is 5.32 Å². The van der Waals surface area contributed by atoms with Crippen molar-refractivity contribution in [3.8, 4) is 5.75 Å². The monoisotopic (exact) mass is 688 g/mol. The van der Waals surface area contributed by atoms with Crippen LogP contribution in [0.5, 0.6) is 5.75 Å². The molecular weight excluding hydrogens is 652 g/mol. The Morgan fingerprint density at radius 1 is 0.830 bits per heavy atom. The van der Waals surface area contributed by atoms with Gasteiger partial charge in [-0.15, -0.1) is 0 Å². The highest BCUT2D eigenvalue weighted by molar-refractivity contribution is 9.10. The number of nitrogens with zero attached hydrogens (tertiary/aromatic N) is 1. The van der Waals surface area contributed by atoms with Gasteiger partial charge in [0.15, 0.2) is 11.6 Å². The molecule has 0 saturated heterocycles. The van der Waals surface area contributed by atoms with E-state index < -0.39 is 11.6 Å². The minimum Gasteiger partial charge on any atom is -0.494 e. The van der Waals surface area contributed by atoms with Gasteiger partial charge in [0.1, 0.15) is 5.75 Å². The molecule has 6 rings (SSSR count). The highest BCUT2D eigenvalue weighted by atomic mass is 79.9. The summed E-state index contributed by atoms with van der Waals surface area (Å²) >= 11 is 3.73. The summed E-state index contributed by atoms with van der Waals surface area (Å²) in [6, 6.07) is 45.8. The average molecular weight is 690 g/mol. The topological polar surface area (TPSA) is 80.2 Å². The maximum absolute atomic E-state index is 14.9. The third-order valence-corrected chi connectivity index (χ3v) is 9.13. The largest absolute Gasteiger partial charge is 0.494 e. The van der Waals surface area contributed by atoms with Crippen LogP contribution in [0, 0.1) is 0 Å². The molecule has 2 atom stereocenters. The second kappa shape index (κ2) is 15.2. The second-order valence-corrected chi connectivity index (χ2v) is 12.4. The van der Waals surface area contributed by atoms with Crippen LogP contribution in [0.15, 0.2) is 149 Å². The van der Waals surface area contributed by atoms with Gasteiger partial charge in [0.2, 0.25) is 5.90 Å². The number of aliphatic hydroxyl groups excluding tert-OH is 1. The lowest BCUT2D eigenvalue weighted by molar-refractivity contribution is -0.129. The van der Waals surface area contributed by atoms with Gasteiger partial charge in [-0.2, -0.15) is 0 Å². The van der Waals surface area contributed by atoms with E-state index in [9.17, 15) is 4.79 Å². The third kappa shape index (κ3) is 7.48. The van der Waals surface area contributed by atoms with Crippen molar-refractivity contribution in [2.24, 2.45) is 4.99 Å². The van der Waals surface area contributed by atoms with E-state index in [1.807, 2.05) is 115 Å². The first-order chi connectivity index (χ1) is 23.1. The summed E-state index contributed by atoms with van der Waals surface area (Å²) in [4.78, 5) is 20.1. The molecule has 5 aromatic rings. The van der Waals surface area contributed by atoms with Crippen LogP contribution in [-0.4, -0.2) is 42.2 Å². The van der Waals surface area contributed by atoms with Gasteiger partial charge in [0, 0.05) is 47.5 Å². The van der Waals surface area contributed by atoms with Gasteiger partial charge in [0.25, 0.3) is 5.91 Å². The van der Waals surface area contributed by atoms with Gasteiger partial charge >= 0.3 is 0 Å². The van der Waals surface area contributed by atoms with Crippen LogP contribution in [0.2, 0.25) is 0 Å². The summed E-state index contributed by atoms with van der Waals surface area (Å²) in [6.45, 7) is 0.879. The third-order valence-electron chi connectivity index (χ3n) is 8.40. The second-order valence-electron chi connectivity index (χ2n) is 11.6. The number of ether oxygens (including phenoxy) is 2. The van der Waals surface area contributed by atoms with E-state index in [4.69, 9.17) is 19.6 Å². The highest BCUT2D eigenvalue weighted by Gasteiger charge is 2.53. The number of carbonyl (C=O) groups is 1. The van der Waals surface area contributed by atoms with E-state index in [0.717, 1.165) is 32.3 Å². The summed E-state index contributed by atoms with van der Waals surface area (Å²) in [7, 11) is 0. The summed E-state index contributed by atoms with van der Waals surface area (Å²) in [5.74, 6) is 0.810. The molecular formula is C40H37BrN2O4. The summed E-state index contributed by atoms with van der Waals surface area (Å²) in [5.41, 5.74) is 3.48. The van der Waals surface area contributed by atoms with Crippen molar-refractivity contribution in [1.29, 1.82) is 0 Å². The first-order valence-corrected chi connectivity index (χ1v) is 16.6. The maximum atomic E-state index is 14.9. The molecule has 1 amide bonds. The minimum absolute atomic E-state index is 0.0545. The first kappa shape index (κ1) is 32.2. The number of aliphatic hydroxyl groups is 1. The zero-order valence-corrected chi connectivity index (χ0v) is 27.6. The van der Waals surface area contributed by atoms with Gasteiger partial charge in [-0.3, -0.25) is 4.79 Å². The molecule has 7 heteroatoms. The number of hydrogen-bond donors (Lipinski definition) is 2. The Hall–Kier alpha value is -4.72. The highest BCUT2D eigenvalue weighted by Crippen LogP contribution is 2.44. The number of aliphatic imine (C=N–C) groups is 1. The molecule has 5 aromatic carbocycles. The van der Waals surface area contributed by atoms with Crippen LogP contribution < -0.4 is 10.1 Å². The summed E-state index contributed by atoms with van der Waals surface area (Å²) < 4.78 is 13.3. The Balaban J connectivity index is 1.40. The fourth-order valence-corrected chi connectivity index (χ4v) is 6.49. The number of halogens is 1. The zero-order valence-electron chi connectivity index (χ0n) is 26.0. The number of benzene rings is 5. The molecule has 6 nitrogen and oxygen atoms in total. The molecule has 0 unspecified atom stereocenters. The van der Waals surface area contributed by atoms with Crippen LogP contribution in [0.25, 0.3) is 0 Å². The Morgan fingerprint density at radius 3 is 2.04 bits per heavy atom. The number of nitrogens with one attached hydrogen (secondary N) is 1. The molecule has 0 spiro atoms. The van der Waals surface area contributed by atoms with Crippen LogP contribution in [0.4, 0.5) is 0 Å². The molecule has 0 aliphatic carbocycles. The predicted molar refractivity (Wildman–Crippen MR) is 189 cm³/mol. The standard InChI is InChI=1S/C40H37BrN2O4/c41-36-20-11-10-19-34(36)37-40(27-29-13-4-1-5-14-29,43-38(47-37)32-21-23-33(24-22-32)46-26-12-25-44)39(45)42-28-35(30-15-6-2-7-16-30)31-17-8-3-9-18-31/h1-11,13-24,35,37,44H,12,25-28H2,(H,42,45)/t37-,40-/m1/s1. The van der Waals surface area contributed by atoms with Crippen LogP contribution in [0.3, 0.4) is 0 Å². The Morgan fingerprint density at radius 2 is 1.43 bits per heavy atom. The summed E-state index contributed by atoms with van der Waals surface area (Å²) in [5, 5.41) is 12.4. The molecule has 1 heterocycles. The van der Waals surface area contributed by atoms with Gasteiger partial charge in [-0.25, -0.2) is 4.99 Å². The lowest BCUT2D eigenvalue weighted by Gasteiger charge is -2.32. The van der Waals surface area contributed by atoms with Crippen molar-refractivity contribution in [2.75, 3.05) is 19.8 Å². The quantitative estimate of drug-likeness (QED) is 0.125. The van der Waals surface area contributed by atoms with Gasteiger partial charge in [-0.05, 0) is 47.0 Å². The molecule has 0 aromatic heterocycles. The number of amides is 1. The first-order valence-electron chi connectivity index (χ1n) is 15.8. The molecule has 238 valence electrons. The minimum atomic E-state index is -1.31. The van der Waals surface area contributed by atoms with Gasteiger partial charge in [-0.1, -0.05) is 125 Å². The van der Waals surface area contributed by atoms with E-state index in [0.29, 0.717) is 37.6 Å².